The summed E-state index contributed by atoms with van der Waals surface area (Å²) in [6.07, 6.45) is 13.6. The van der Waals surface area contributed by atoms with Gasteiger partial charge in [-0.25, -0.2) is 24.9 Å². The number of ether oxygens (including phenoxy) is 2. The van der Waals surface area contributed by atoms with Crippen molar-refractivity contribution >= 4 is 52.1 Å². The van der Waals surface area contributed by atoms with E-state index >= 15 is 0 Å². The fourth-order valence-electron chi connectivity index (χ4n) is 5.26. The van der Waals surface area contributed by atoms with Crippen LogP contribution in [-0.2, 0) is 27.8 Å². The summed E-state index contributed by atoms with van der Waals surface area (Å²) in [7, 11) is -0.601. The number of aliphatic hydroxyl groups is 1. The van der Waals surface area contributed by atoms with Crippen LogP contribution >= 0.6 is 18.1 Å². The van der Waals surface area contributed by atoms with E-state index in [2.05, 4.69) is 52.9 Å². The Labute approximate surface area is 339 Å². The molecule has 0 saturated carbocycles. The van der Waals surface area contributed by atoms with Crippen molar-refractivity contribution in [2.45, 2.75) is 63.2 Å². The maximum atomic E-state index is 12.4. The van der Waals surface area contributed by atoms with Crippen molar-refractivity contribution in [1.29, 1.82) is 10.5 Å². The topological polar surface area (TPSA) is 351 Å². The smallest absolute Gasteiger partial charge is 0.278 e. The average Bonchev–Trinajstić information content (AvgIpc) is 4.10. The van der Waals surface area contributed by atoms with Crippen LogP contribution in [0.1, 0.15) is 51.0 Å². The van der Waals surface area contributed by atoms with Crippen molar-refractivity contribution in [2.75, 3.05) is 31.7 Å². The predicted octanol–water partition coefficient (Wildman–Crippen LogP) is 3.44. The van der Waals surface area contributed by atoms with Crippen molar-refractivity contribution in [3.63, 3.8) is 0 Å². The number of carbonyl (C=O) groups is 1. The molecule has 0 bridgehead atoms. The van der Waals surface area contributed by atoms with Crippen LogP contribution in [0.15, 0.2) is 67.1 Å². The predicted molar refractivity (Wildman–Crippen MR) is 212 cm³/mol. The van der Waals surface area contributed by atoms with Gasteiger partial charge >= 0.3 is 0 Å². The molecule has 320 valence electrons. The molecule has 26 heteroatoms. The van der Waals surface area contributed by atoms with Gasteiger partial charge in [0, 0.05) is 5.57 Å². The number of amides is 1. The molecule has 4 aromatic heterocycles. The maximum absolute atomic E-state index is 12.4. The fourth-order valence-corrected chi connectivity index (χ4v) is 5.98. The van der Waals surface area contributed by atoms with Gasteiger partial charge in [-0.2, -0.15) is 10.5 Å². The highest BCUT2D eigenvalue weighted by atomic mass is 31.1. The van der Waals surface area contributed by atoms with E-state index in [1.54, 1.807) is 23.3 Å². The summed E-state index contributed by atoms with van der Waals surface area (Å²) in [6.45, 7) is 8.34. The van der Waals surface area contributed by atoms with E-state index in [1.807, 2.05) is 16.7 Å². The van der Waals surface area contributed by atoms with Crippen LogP contribution in [0.25, 0.3) is 22.3 Å². The number of aromatic amines is 1. The number of aliphatic hydroxyl groups excluding tert-OH is 1. The first-order chi connectivity index (χ1) is 28.9. The molecule has 0 aromatic carbocycles. The molecule has 0 spiro atoms. The second-order valence-corrected chi connectivity index (χ2v) is 12.6. The number of nitrogens with one attached hydrogen (secondary N) is 2. The first kappa shape index (κ1) is 50.1. The lowest BCUT2D eigenvalue weighted by atomic mass is 10.2. The van der Waals surface area contributed by atoms with Gasteiger partial charge in [-0.3, -0.25) is 39.8 Å². The first-order valence-electron chi connectivity index (χ1n) is 17.3. The number of hydrogen-bond acceptors (Lipinski definition) is 20. The van der Waals surface area contributed by atoms with Gasteiger partial charge in [0.05, 0.1) is 82.6 Å². The second-order valence-electron chi connectivity index (χ2n) is 11.4. The van der Waals surface area contributed by atoms with Crippen molar-refractivity contribution in [2.24, 2.45) is 0 Å². The quantitative estimate of drug-likeness (QED) is 0.0200. The lowest BCUT2D eigenvalue weighted by Crippen LogP contribution is -2.16. The molecule has 2 aliphatic heterocycles. The molecular formula is C33H45N11O13P2. The van der Waals surface area contributed by atoms with Gasteiger partial charge in [0.1, 0.15) is 18.8 Å². The highest BCUT2D eigenvalue weighted by Crippen LogP contribution is 2.33. The van der Waals surface area contributed by atoms with E-state index in [9.17, 15) is 9.59 Å². The third kappa shape index (κ3) is 15.6. The molecule has 8 N–H and O–H groups in total. The zero-order valence-electron chi connectivity index (χ0n) is 31.4. The number of nitrogens with zero attached hydrogens (tertiary/aromatic N) is 9. The van der Waals surface area contributed by atoms with Gasteiger partial charge in [-0.1, -0.05) is 31.4 Å². The number of anilines is 1. The molecule has 6 heterocycles. The fraction of sp³-hybridized carbons (Fsp3) is 0.424. The number of rotatable bonds is 16. The SMILES string of the molecule is C=C/C=C(\C=C)C(=O)Nc1ncnc2c1ncn2C1CCC(COPOCCC#N)O1.N#CCCOPO.O=c1[nH]cnc2c1ncn2C1CCC(CO)O1.OO.OO. The van der Waals surface area contributed by atoms with Gasteiger partial charge in [0.2, 0.25) is 0 Å². The van der Waals surface area contributed by atoms with Gasteiger partial charge < -0.3 is 43.3 Å². The third-order valence-electron chi connectivity index (χ3n) is 7.81. The minimum Gasteiger partial charge on any atom is -0.394 e. The number of allylic oxidation sites excluding steroid dienone is 2. The van der Waals surface area contributed by atoms with Crippen LogP contribution in [0, 0.1) is 22.7 Å². The van der Waals surface area contributed by atoms with Gasteiger partial charge in [0.15, 0.2) is 46.2 Å². The monoisotopic (exact) mass is 865 g/mol. The first-order valence-corrected chi connectivity index (χ1v) is 18.9. The summed E-state index contributed by atoms with van der Waals surface area (Å²) in [4.78, 5) is 55.3. The number of aromatic nitrogens is 8. The molecule has 2 fully saturated rings. The molecule has 24 nitrogen and oxygen atoms in total. The summed E-state index contributed by atoms with van der Waals surface area (Å²) >= 11 is 0. The highest BCUT2D eigenvalue weighted by Gasteiger charge is 2.29. The number of nitriles is 2. The molecule has 59 heavy (non-hydrogen) atoms. The standard InChI is InChI=1S/C20H23N6O4P.C10H12N4O3.C3H6NO2P.2H2O2/c1-3-6-14(4-2)20(27)25-18-17-19(23-12-22-18)26(13-24-17)16-8-7-15(30-16)11-29-31-28-10-5-9-21;15-3-6-1-2-7(17-6)14-5-13-8-9(14)11-4-12-10(8)16;4-2-1-3-6-7-5;2*1-2/h3-4,6,12-13,15-16,31H,1-2,5,7-8,10-11H2,(H,22,23,25,27);4-7,15H,1-3H2,(H,11,12,16);5,7H,1,3H2;2*1-2H/b14-6+;;;;. The van der Waals surface area contributed by atoms with Crippen LogP contribution in [0.2, 0.25) is 0 Å². The van der Waals surface area contributed by atoms with E-state index in [0.29, 0.717) is 66.4 Å². The highest BCUT2D eigenvalue weighted by molar-refractivity contribution is 7.26. The summed E-state index contributed by atoms with van der Waals surface area (Å²) in [5.41, 5.74) is 1.95. The summed E-state index contributed by atoms with van der Waals surface area (Å²) in [5.74, 6) is -0.0595. The van der Waals surface area contributed by atoms with Crippen LogP contribution in [0.4, 0.5) is 5.82 Å². The molecular weight excluding hydrogens is 820 g/mol. The summed E-state index contributed by atoms with van der Waals surface area (Å²) in [6, 6.07) is 3.88. The van der Waals surface area contributed by atoms with Crippen molar-refractivity contribution in [3.8, 4) is 12.1 Å². The van der Waals surface area contributed by atoms with Gasteiger partial charge in [0.25, 0.3) is 11.5 Å². The summed E-state index contributed by atoms with van der Waals surface area (Å²) in [5, 5.41) is 52.1. The molecule has 2 saturated heterocycles. The van der Waals surface area contributed by atoms with E-state index < -0.39 is 9.03 Å². The lowest BCUT2D eigenvalue weighted by Gasteiger charge is -2.15. The molecule has 0 aliphatic carbocycles. The Morgan fingerprint density at radius 1 is 0.915 bits per heavy atom. The Balaban J connectivity index is 0.000000356. The Hall–Kier alpha value is -5.01. The maximum Gasteiger partial charge on any atom is 0.278 e. The molecule has 6 unspecified atom stereocenters. The lowest BCUT2D eigenvalue weighted by molar-refractivity contribution is -0.176. The van der Waals surface area contributed by atoms with Crippen LogP contribution < -0.4 is 10.9 Å². The van der Waals surface area contributed by atoms with Crippen molar-refractivity contribution in [3.05, 3.63) is 72.6 Å². The number of carbonyl (C=O) groups excluding carboxylic acids is 1. The molecule has 1 amide bonds. The molecule has 4 aromatic rings. The number of H-pyrrole nitrogens is 1. The van der Waals surface area contributed by atoms with Gasteiger partial charge in [-0.15, -0.1) is 0 Å². The van der Waals surface area contributed by atoms with Gasteiger partial charge in [-0.05, 0) is 25.7 Å². The average molecular weight is 866 g/mol. The second kappa shape index (κ2) is 29.2. The van der Waals surface area contributed by atoms with E-state index in [4.69, 9.17) is 60.1 Å². The molecule has 2 aliphatic rings. The van der Waals surface area contributed by atoms with Crippen LogP contribution in [0.3, 0.4) is 0 Å². The Morgan fingerprint density at radius 3 is 2.12 bits per heavy atom. The Kier molecular flexibility index (Phi) is 24.8. The largest absolute Gasteiger partial charge is 0.394 e. The van der Waals surface area contributed by atoms with E-state index in [1.165, 1.54) is 24.8 Å². The zero-order chi connectivity index (χ0) is 43.4. The number of hydrogen-bond donors (Lipinski definition) is 8. The number of fused-ring (bicyclic) bond motifs is 2. The van der Waals surface area contributed by atoms with E-state index in [0.717, 1.165) is 25.7 Å². The number of imidazole rings is 2. The summed E-state index contributed by atoms with van der Waals surface area (Å²) < 4.78 is 30.4. The normalized spacial score (nSPS) is 18.4. The molecule has 0 radical (unpaired) electrons. The van der Waals surface area contributed by atoms with E-state index in [-0.39, 0.29) is 51.8 Å². The molecule has 6 rings (SSSR count). The van der Waals surface area contributed by atoms with Crippen molar-refractivity contribution < 1.29 is 58.9 Å². The minimum atomic E-state index is -0.483. The van der Waals surface area contributed by atoms with Crippen LogP contribution in [0.5, 0.6) is 0 Å². The Bertz CT molecular complexity index is 2050. The van der Waals surface area contributed by atoms with Crippen molar-refractivity contribution in [1.82, 2.24) is 39.0 Å². The van der Waals surface area contributed by atoms with Crippen LogP contribution in [-0.4, -0.2) is 115 Å². The zero-order valence-corrected chi connectivity index (χ0v) is 33.4. The third-order valence-corrected chi connectivity index (χ3v) is 8.75. The molecule has 6 atom stereocenters. The minimum absolute atomic E-state index is 0.0111. The Morgan fingerprint density at radius 2 is 1.53 bits per heavy atom.